The van der Waals surface area contributed by atoms with Crippen molar-refractivity contribution in [2.75, 3.05) is 19.7 Å². The standard InChI is InChI=1S/C13H19F2NO/c14-13(15)11-16(8-4-5-9-17)10-12-6-2-1-3-7-12/h1-3,6-7,13,17H,4-5,8-11H2. The molecule has 1 rings (SSSR count). The van der Waals surface area contributed by atoms with Crippen LogP contribution >= 0.6 is 0 Å². The van der Waals surface area contributed by atoms with E-state index >= 15 is 0 Å². The van der Waals surface area contributed by atoms with E-state index in [2.05, 4.69) is 0 Å². The van der Waals surface area contributed by atoms with Gasteiger partial charge in [-0.3, -0.25) is 4.90 Å². The minimum absolute atomic E-state index is 0.119. The van der Waals surface area contributed by atoms with Crippen molar-refractivity contribution < 1.29 is 13.9 Å². The van der Waals surface area contributed by atoms with E-state index < -0.39 is 6.43 Å². The number of unbranched alkanes of at least 4 members (excludes halogenated alkanes) is 1. The molecule has 1 aromatic carbocycles. The molecule has 0 bridgehead atoms. The summed E-state index contributed by atoms with van der Waals surface area (Å²) in [5, 5.41) is 8.68. The molecule has 0 aliphatic carbocycles. The Balaban J connectivity index is 2.45. The summed E-state index contributed by atoms with van der Waals surface area (Å²) in [5.41, 5.74) is 1.04. The predicted octanol–water partition coefficient (Wildman–Crippen LogP) is 2.53. The van der Waals surface area contributed by atoms with Gasteiger partial charge in [0.05, 0.1) is 6.54 Å². The van der Waals surface area contributed by atoms with Gasteiger partial charge in [-0.15, -0.1) is 0 Å². The van der Waals surface area contributed by atoms with Crippen molar-refractivity contribution in [1.29, 1.82) is 0 Å². The molecule has 0 amide bonds. The highest BCUT2D eigenvalue weighted by Gasteiger charge is 2.11. The topological polar surface area (TPSA) is 23.5 Å². The molecule has 0 fully saturated rings. The molecule has 0 aliphatic heterocycles. The maximum absolute atomic E-state index is 12.4. The highest BCUT2D eigenvalue weighted by atomic mass is 19.3. The average molecular weight is 243 g/mol. The van der Waals surface area contributed by atoms with Crippen LogP contribution in [0.25, 0.3) is 0 Å². The Morgan fingerprint density at radius 1 is 1.12 bits per heavy atom. The predicted molar refractivity (Wildman–Crippen MR) is 64.0 cm³/mol. The van der Waals surface area contributed by atoms with E-state index in [1.807, 2.05) is 30.3 Å². The fourth-order valence-corrected chi connectivity index (χ4v) is 1.72. The van der Waals surface area contributed by atoms with Crippen molar-refractivity contribution >= 4 is 0 Å². The van der Waals surface area contributed by atoms with Crippen molar-refractivity contribution in [3.8, 4) is 0 Å². The van der Waals surface area contributed by atoms with Crippen molar-refractivity contribution in [2.45, 2.75) is 25.8 Å². The molecule has 2 nitrogen and oxygen atoms in total. The number of aliphatic hydroxyl groups excluding tert-OH is 1. The van der Waals surface area contributed by atoms with Gasteiger partial charge in [0.15, 0.2) is 0 Å². The largest absolute Gasteiger partial charge is 0.396 e. The quantitative estimate of drug-likeness (QED) is 0.709. The number of aliphatic hydroxyl groups is 1. The molecule has 96 valence electrons. The summed E-state index contributed by atoms with van der Waals surface area (Å²) >= 11 is 0. The van der Waals surface area contributed by atoms with E-state index in [1.54, 1.807) is 4.90 Å². The van der Waals surface area contributed by atoms with Crippen molar-refractivity contribution in [3.63, 3.8) is 0 Å². The SMILES string of the molecule is OCCCCN(Cc1ccccc1)CC(F)F. The van der Waals surface area contributed by atoms with E-state index in [0.717, 1.165) is 12.0 Å². The molecular formula is C13H19F2NO. The first-order valence-corrected chi connectivity index (χ1v) is 5.87. The second-order valence-electron chi connectivity index (χ2n) is 4.04. The highest BCUT2D eigenvalue weighted by Crippen LogP contribution is 2.08. The first-order chi connectivity index (χ1) is 8.22. The van der Waals surface area contributed by atoms with E-state index in [-0.39, 0.29) is 13.2 Å². The lowest BCUT2D eigenvalue weighted by molar-refractivity contribution is 0.0829. The van der Waals surface area contributed by atoms with Gasteiger partial charge in [0.1, 0.15) is 0 Å². The Morgan fingerprint density at radius 3 is 2.41 bits per heavy atom. The Labute approximate surface area is 101 Å². The van der Waals surface area contributed by atoms with Gasteiger partial charge < -0.3 is 5.11 Å². The van der Waals surface area contributed by atoms with Crippen LogP contribution in [-0.2, 0) is 6.54 Å². The summed E-state index contributed by atoms with van der Waals surface area (Å²) in [4.78, 5) is 1.73. The summed E-state index contributed by atoms with van der Waals surface area (Å²) in [6.07, 6.45) is -0.905. The molecule has 0 atom stereocenters. The molecule has 0 heterocycles. The van der Waals surface area contributed by atoms with Gasteiger partial charge in [0, 0.05) is 13.2 Å². The van der Waals surface area contributed by atoms with Crippen LogP contribution in [0.5, 0.6) is 0 Å². The summed E-state index contributed by atoms with van der Waals surface area (Å²) in [7, 11) is 0. The normalized spacial score (nSPS) is 11.4. The number of nitrogens with zero attached hydrogens (tertiary/aromatic N) is 1. The Kier molecular flexibility index (Phi) is 6.74. The van der Waals surface area contributed by atoms with E-state index in [1.165, 1.54) is 0 Å². The second-order valence-corrected chi connectivity index (χ2v) is 4.04. The molecule has 1 N–H and O–H groups in total. The minimum Gasteiger partial charge on any atom is -0.396 e. The minimum atomic E-state index is -2.31. The van der Waals surface area contributed by atoms with Gasteiger partial charge in [-0.2, -0.15) is 0 Å². The molecule has 0 aromatic heterocycles. The van der Waals surface area contributed by atoms with E-state index in [0.29, 0.717) is 19.5 Å². The van der Waals surface area contributed by atoms with Crippen molar-refractivity contribution in [3.05, 3.63) is 35.9 Å². The van der Waals surface area contributed by atoms with Crippen LogP contribution in [0.1, 0.15) is 18.4 Å². The maximum atomic E-state index is 12.4. The number of rotatable bonds is 8. The molecule has 0 saturated carbocycles. The third-order valence-corrected chi connectivity index (χ3v) is 2.53. The van der Waals surface area contributed by atoms with Crippen LogP contribution in [0.4, 0.5) is 8.78 Å². The molecule has 0 saturated heterocycles. The monoisotopic (exact) mass is 243 g/mol. The molecular weight excluding hydrogens is 224 g/mol. The summed E-state index contributed by atoms with van der Waals surface area (Å²) in [6.45, 7) is 1.05. The second kappa shape index (κ2) is 8.14. The van der Waals surface area contributed by atoms with Crippen molar-refractivity contribution in [2.24, 2.45) is 0 Å². The van der Waals surface area contributed by atoms with Crippen LogP contribution in [-0.4, -0.2) is 36.1 Å². The van der Waals surface area contributed by atoms with Crippen LogP contribution < -0.4 is 0 Å². The Morgan fingerprint density at radius 2 is 1.82 bits per heavy atom. The maximum Gasteiger partial charge on any atom is 0.251 e. The van der Waals surface area contributed by atoms with E-state index in [4.69, 9.17) is 5.11 Å². The van der Waals surface area contributed by atoms with Gasteiger partial charge in [0.2, 0.25) is 0 Å². The molecule has 0 unspecified atom stereocenters. The molecule has 17 heavy (non-hydrogen) atoms. The van der Waals surface area contributed by atoms with Crippen LogP contribution in [0.3, 0.4) is 0 Å². The Hall–Kier alpha value is -1.00. The number of hydrogen-bond donors (Lipinski definition) is 1. The first kappa shape index (κ1) is 14.1. The van der Waals surface area contributed by atoms with E-state index in [9.17, 15) is 8.78 Å². The fraction of sp³-hybridized carbons (Fsp3) is 0.538. The van der Waals surface area contributed by atoms with Crippen molar-refractivity contribution in [1.82, 2.24) is 4.90 Å². The number of alkyl halides is 2. The number of halogens is 2. The molecule has 0 aliphatic rings. The van der Waals surface area contributed by atoms with Crippen LogP contribution in [0.15, 0.2) is 30.3 Å². The van der Waals surface area contributed by atoms with Gasteiger partial charge >= 0.3 is 0 Å². The zero-order valence-electron chi connectivity index (χ0n) is 9.86. The average Bonchev–Trinajstić information content (AvgIpc) is 2.30. The zero-order chi connectivity index (χ0) is 12.5. The highest BCUT2D eigenvalue weighted by molar-refractivity contribution is 5.14. The van der Waals surface area contributed by atoms with Crippen LogP contribution in [0.2, 0.25) is 0 Å². The Bertz CT molecular complexity index is 293. The van der Waals surface area contributed by atoms with Gasteiger partial charge in [-0.25, -0.2) is 8.78 Å². The lowest BCUT2D eigenvalue weighted by Gasteiger charge is -2.21. The lowest BCUT2D eigenvalue weighted by atomic mass is 10.2. The lowest BCUT2D eigenvalue weighted by Crippen LogP contribution is -2.29. The molecule has 1 aromatic rings. The summed E-state index contributed by atoms with van der Waals surface area (Å²) < 4.78 is 24.8. The third-order valence-electron chi connectivity index (χ3n) is 2.53. The van der Waals surface area contributed by atoms with Gasteiger partial charge in [-0.1, -0.05) is 30.3 Å². The van der Waals surface area contributed by atoms with Gasteiger partial charge in [0.25, 0.3) is 6.43 Å². The smallest absolute Gasteiger partial charge is 0.251 e. The fourth-order valence-electron chi connectivity index (χ4n) is 1.72. The number of benzene rings is 1. The zero-order valence-corrected chi connectivity index (χ0v) is 9.86. The summed E-state index contributed by atoms with van der Waals surface area (Å²) in [5.74, 6) is 0. The summed E-state index contributed by atoms with van der Waals surface area (Å²) in [6, 6.07) is 9.59. The molecule has 4 heteroatoms. The number of hydrogen-bond acceptors (Lipinski definition) is 2. The molecule has 0 radical (unpaired) electrons. The van der Waals surface area contributed by atoms with Gasteiger partial charge in [-0.05, 0) is 24.9 Å². The van der Waals surface area contributed by atoms with Crippen LogP contribution in [0, 0.1) is 0 Å². The molecule has 0 spiro atoms. The first-order valence-electron chi connectivity index (χ1n) is 5.87. The third kappa shape index (κ3) is 6.34.